The first-order valence-electron chi connectivity index (χ1n) is 11.0. The quantitative estimate of drug-likeness (QED) is 0.574. The Hall–Kier alpha value is -2.09. The van der Waals surface area contributed by atoms with Crippen molar-refractivity contribution in [3.8, 4) is 0 Å². The van der Waals surface area contributed by atoms with E-state index in [0.717, 1.165) is 44.5 Å². The third-order valence-electron chi connectivity index (χ3n) is 6.32. The first-order valence-corrected chi connectivity index (χ1v) is 11.7. The van der Waals surface area contributed by atoms with Gasteiger partial charge in [-0.05, 0) is 56.5 Å². The van der Waals surface area contributed by atoms with E-state index in [9.17, 15) is 14.4 Å². The van der Waals surface area contributed by atoms with Gasteiger partial charge in [-0.2, -0.15) is 0 Å². The van der Waals surface area contributed by atoms with E-state index in [2.05, 4.69) is 10.2 Å². The van der Waals surface area contributed by atoms with Crippen LogP contribution in [-0.2, 0) is 20.8 Å². The number of anilines is 1. The van der Waals surface area contributed by atoms with Crippen molar-refractivity contribution in [2.45, 2.75) is 57.0 Å². The van der Waals surface area contributed by atoms with E-state index in [-0.39, 0.29) is 28.4 Å². The fourth-order valence-corrected chi connectivity index (χ4v) is 5.04. The molecule has 1 heterocycles. The molecule has 0 radical (unpaired) electrons. The number of hydrogen-bond acceptors (Lipinski definition) is 4. The minimum Gasteiger partial charge on any atom is -0.478 e. The van der Waals surface area contributed by atoms with Gasteiger partial charge in [0.05, 0.1) is 16.5 Å². The van der Waals surface area contributed by atoms with Crippen molar-refractivity contribution in [2.75, 3.05) is 25.5 Å². The summed E-state index contributed by atoms with van der Waals surface area (Å²) >= 11 is 12.3. The van der Waals surface area contributed by atoms with Crippen molar-refractivity contribution >= 4 is 46.7 Å². The third-order valence-corrected chi connectivity index (χ3v) is 7.04. The molecule has 1 aromatic rings. The molecule has 7 nitrogen and oxygen atoms in total. The molecule has 0 unspecified atom stereocenters. The topological polar surface area (TPSA) is 90.0 Å². The summed E-state index contributed by atoms with van der Waals surface area (Å²) in [7, 11) is 1.85. The Morgan fingerprint density at radius 1 is 1.09 bits per heavy atom. The molecule has 2 N–H and O–H groups in total. The Kier molecular flexibility index (Phi) is 8.57. The molecule has 2 amide bonds. The van der Waals surface area contributed by atoms with E-state index in [1.54, 1.807) is 6.07 Å². The van der Waals surface area contributed by atoms with Crippen LogP contribution in [0.2, 0.25) is 10.0 Å². The van der Waals surface area contributed by atoms with Gasteiger partial charge in [0, 0.05) is 37.0 Å². The minimum atomic E-state index is -1.23. The zero-order valence-electron chi connectivity index (χ0n) is 18.2. The molecule has 1 aromatic carbocycles. The molecule has 174 valence electrons. The third kappa shape index (κ3) is 6.24. The Balaban J connectivity index is 1.76. The van der Waals surface area contributed by atoms with Gasteiger partial charge in [-0.3, -0.25) is 14.5 Å². The Morgan fingerprint density at radius 3 is 2.44 bits per heavy atom. The predicted octanol–water partition coefficient (Wildman–Crippen LogP) is 3.98. The van der Waals surface area contributed by atoms with Gasteiger partial charge in [0.2, 0.25) is 11.8 Å². The van der Waals surface area contributed by atoms with E-state index >= 15 is 0 Å². The number of benzene rings is 1. The molecule has 9 heteroatoms. The lowest BCUT2D eigenvalue weighted by atomic mass is 9.88. The number of carboxylic acids is 1. The lowest BCUT2D eigenvalue weighted by molar-refractivity contribution is -0.133. The maximum atomic E-state index is 13.2. The maximum absolute atomic E-state index is 13.2. The number of aliphatic carboxylic acids is 1. The summed E-state index contributed by atoms with van der Waals surface area (Å²) in [4.78, 5) is 40.4. The van der Waals surface area contributed by atoms with Crippen LogP contribution in [0.5, 0.6) is 0 Å². The summed E-state index contributed by atoms with van der Waals surface area (Å²) in [5.74, 6) is -1.92. The monoisotopic (exact) mass is 481 g/mol. The summed E-state index contributed by atoms with van der Waals surface area (Å²) in [6.07, 6.45) is 8.50. The SMILES string of the molecule is CN(C(=O)Cc1cc(Cl)c(Cl)cc1NC(=O)/C=C/C(=O)O)[C@H]1CCCC[C@@H]1N1CCCC1. The largest absolute Gasteiger partial charge is 0.478 e. The van der Waals surface area contributed by atoms with Crippen LogP contribution in [0, 0.1) is 0 Å². The molecule has 0 spiro atoms. The summed E-state index contributed by atoms with van der Waals surface area (Å²) < 4.78 is 0. The van der Waals surface area contributed by atoms with Gasteiger partial charge < -0.3 is 15.3 Å². The summed E-state index contributed by atoms with van der Waals surface area (Å²) in [6, 6.07) is 3.60. The highest BCUT2D eigenvalue weighted by atomic mass is 35.5. The van der Waals surface area contributed by atoms with Crippen LogP contribution in [0.3, 0.4) is 0 Å². The van der Waals surface area contributed by atoms with Crippen molar-refractivity contribution < 1.29 is 19.5 Å². The molecule has 2 aliphatic rings. The van der Waals surface area contributed by atoms with Gasteiger partial charge in [0.15, 0.2) is 0 Å². The number of carbonyl (C=O) groups excluding carboxylic acids is 2. The summed E-state index contributed by atoms with van der Waals surface area (Å²) in [5.41, 5.74) is 0.864. The van der Waals surface area contributed by atoms with Gasteiger partial charge >= 0.3 is 5.97 Å². The molecule has 0 aromatic heterocycles. The lowest BCUT2D eigenvalue weighted by Crippen LogP contribution is -2.53. The van der Waals surface area contributed by atoms with Crippen molar-refractivity contribution in [3.05, 3.63) is 39.9 Å². The van der Waals surface area contributed by atoms with Gasteiger partial charge in [-0.1, -0.05) is 36.0 Å². The normalized spacial score (nSPS) is 21.6. The average molecular weight is 482 g/mol. The van der Waals surface area contributed by atoms with Crippen LogP contribution in [-0.4, -0.2) is 64.9 Å². The maximum Gasteiger partial charge on any atom is 0.328 e. The number of amides is 2. The molecule has 0 bridgehead atoms. The van der Waals surface area contributed by atoms with Crippen LogP contribution in [0.15, 0.2) is 24.3 Å². The minimum absolute atomic E-state index is 0.0505. The van der Waals surface area contributed by atoms with Crippen LogP contribution in [0.4, 0.5) is 5.69 Å². The molecular weight excluding hydrogens is 453 g/mol. The smallest absolute Gasteiger partial charge is 0.328 e. The molecule has 1 saturated heterocycles. The van der Waals surface area contributed by atoms with Gasteiger partial charge in [-0.25, -0.2) is 4.79 Å². The Labute approximate surface area is 198 Å². The predicted molar refractivity (Wildman–Crippen MR) is 125 cm³/mol. The van der Waals surface area contributed by atoms with E-state index < -0.39 is 11.9 Å². The highest BCUT2D eigenvalue weighted by molar-refractivity contribution is 6.42. The van der Waals surface area contributed by atoms with Gasteiger partial charge in [0.1, 0.15) is 0 Å². The fraction of sp³-hybridized carbons (Fsp3) is 0.522. The summed E-state index contributed by atoms with van der Waals surface area (Å²) in [6.45, 7) is 2.19. The molecular formula is C23H29Cl2N3O4. The van der Waals surface area contributed by atoms with Crippen LogP contribution in [0.1, 0.15) is 44.1 Å². The van der Waals surface area contributed by atoms with Crippen molar-refractivity contribution in [1.82, 2.24) is 9.80 Å². The van der Waals surface area contributed by atoms with Crippen molar-refractivity contribution in [3.63, 3.8) is 0 Å². The lowest BCUT2D eigenvalue weighted by Gasteiger charge is -2.42. The Morgan fingerprint density at radius 2 is 1.75 bits per heavy atom. The molecule has 2 atom stereocenters. The van der Waals surface area contributed by atoms with Gasteiger partial charge in [-0.15, -0.1) is 0 Å². The van der Waals surface area contributed by atoms with E-state index in [1.165, 1.54) is 25.3 Å². The highest BCUT2D eigenvalue weighted by Gasteiger charge is 2.35. The number of likely N-dealkylation sites (tertiary alicyclic amines) is 1. The Bertz CT molecular complexity index is 899. The number of halogens is 2. The van der Waals surface area contributed by atoms with Crippen molar-refractivity contribution in [2.24, 2.45) is 0 Å². The van der Waals surface area contributed by atoms with Crippen LogP contribution >= 0.6 is 23.2 Å². The summed E-state index contributed by atoms with van der Waals surface area (Å²) in [5, 5.41) is 11.8. The van der Waals surface area contributed by atoms with Crippen LogP contribution < -0.4 is 5.32 Å². The van der Waals surface area contributed by atoms with Gasteiger partial charge in [0.25, 0.3) is 0 Å². The second kappa shape index (κ2) is 11.2. The van der Waals surface area contributed by atoms with E-state index in [0.29, 0.717) is 17.3 Å². The molecule has 32 heavy (non-hydrogen) atoms. The standard InChI is InChI=1S/C23H29Cl2N3O4/c1-27(19-6-2-3-7-20(19)28-10-4-5-11-28)22(30)13-15-12-16(24)17(25)14-18(15)26-21(29)8-9-23(31)32/h8-9,12,14,19-20H,2-7,10-11,13H2,1H3,(H,26,29)(H,31,32)/b9-8+/t19-,20-/m0/s1. The average Bonchev–Trinajstić information content (AvgIpc) is 3.30. The number of hydrogen-bond donors (Lipinski definition) is 2. The number of likely N-dealkylation sites (N-methyl/N-ethyl adjacent to an activating group) is 1. The first kappa shape index (κ1) is 24.6. The number of carbonyl (C=O) groups is 3. The molecule has 1 aliphatic heterocycles. The second-order valence-corrected chi connectivity index (χ2v) is 9.24. The number of rotatable bonds is 7. The highest BCUT2D eigenvalue weighted by Crippen LogP contribution is 2.32. The second-order valence-electron chi connectivity index (χ2n) is 8.43. The van der Waals surface area contributed by atoms with Crippen LogP contribution in [0.25, 0.3) is 0 Å². The fourth-order valence-electron chi connectivity index (χ4n) is 4.69. The number of carboxylic acid groups (broad SMARTS) is 1. The molecule has 1 saturated carbocycles. The van der Waals surface area contributed by atoms with E-state index in [4.69, 9.17) is 28.3 Å². The van der Waals surface area contributed by atoms with Crippen molar-refractivity contribution in [1.29, 1.82) is 0 Å². The zero-order chi connectivity index (χ0) is 23.3. The number of nitrogens with one attached hydrogen (secondary N) is 1. The number of nitrogens with zero attached hydrogens (tertiary/aromatic N) is 2. The zero-order valence-corrected chi connectivity index (χ0v) is 19.7. The van der Waals surface area contributed by atoms with E-state index in [1.807, 2.05) is 11.9 Å². The molecule has 3 rings (SSSR count). The first-order chi connectivity index (χ1) is 15.3. The molecule has 1 aliphatic carbocycles. The molecule has 2 fully saturated rings.